The third-order valence-electron chi connectivity index (χ3n) is 9.15. The number of rotatable bonds is 14. The Balaban J connectivity index is 1.56. The van der Waals surface area contributed by atoms with Crippen LogP contribution in [0.1, 0.15) is 46.5 Å². The van der Waals surface area contributed by atoms with Gasteiger partial charge in [0, 0.05) is 19.6 Å². The molecule has 0 radical (unpaired) electrons. The lowest BCUT2D eigenvalue weighted by atomic mass is 9.70. The van der Waals surface area contributed by atoms with E-state index in [0.717, 1.165) is 11.9 Å². The number of para-hydroxylation sites is 1. The monoisotopic (exact) mass is 592 g/mol. The van der Waals surface area contributed by atoms with Crippen LogP contribution in [0.3, 0.4) is 0 Å². The van der Waals surface area contributed by atoms with Crippen LogP contribution in [0, 0.1) is 17.8 Å². The molecule has 4 heterocycles. The number of fused-ring (bicyclic) bond motifs is 2. The summed E-state index contributed by atoms with van der Waals surface area (Å²) in [5.74, 6) is -2.09. The summed E-state index contributed by atoms with van der Waals surface area (Å²) >= 11 is 0. The van der Waals surface area contributed by atoms with Gasteiger partial charge in [-0.2, -0.15) is 0 Å². The Kier molecular flexibility index (Phi) is 9.03. The molecule has 11 heteroatoms. The van der Waals surface area contributed by atoms with Gasteiger partial charge in [0.15, 0.2) is 0 Å². The Morgan fingerprint density at radius 3 is 2.58 bits per heavy atom. The van der Waals surface area contributed by atoms with Gasteiger partial charge in [-0.25, -0.2) is 4.68 Å². The maximum Gasteiger partial charge on any atom is 0.250 e. The van der Waals surface area contributed by atoms with Crippen molar-refractivity contribution >= 4 is 28.8 Å². The van der Waals surface area contributed by atoms with Crippen LogP contribution in [-0.2, 0) is 25.8 Å². The Labute approximate surface area is 253 Å². The number of amides is 3. The molecule has 232 valence electrons. The average Bonchev–Trinajstić information content (AvgIpc) is 3.74. The first kappa shape index (κ1) is 30.9. The zero-order valence-corrected chi connectivity index (χ0v) is 25.5. The molecule has 6 atom stereocenters. The molecule has 2 unspecified atom stereocenters. The van der Waals surface area contributed by atoms with E-state index in [9.17, 15) is 19.5 Å². The molecule has 0 aliphatic carbocycles. The highest BCUT2D eigenvalue weighted by Gasteiger charge is 2.75. The zero-order valence-electron chi connectivity index (χ0n) is 25.5. The molecule has 2 bridgehead atoms. The molecule has 1 aromatic carbocycles. The van der Waals surface area contributed by atoms with E-state index in [1.165, 1.54) is 0 Å². The van der Waals surface area contributed by atoms with E-state index in [-0.39, 0.29) is 43.5 Å². The van der Waals surface area contributed by atoms with Crippen LogP contribution in [0.4, 0.5) is 0 Å². The van der Waals surface area contributed by atoms with Gasteiger partial charge in [-0.1, -0.05) is 50.3 Å². The summed E-state index contributed by atoms with van der Waals surface area (Å²) in [5.41, 5.74) is 0.312. The first-order valence-corrected chi connectivity index (χ1v) is 15.4. The Morgan fingerprint density at radius 1 is 1.19 bits per heavy atom. The van der Waals surface area contributed by atoms with Gasteiger partial charge in [-0.05, 0) is 43.7 Å². The molecule has 3 aliphatic heterocycles. The second-order valence-corrected chi connectivity index (χ2v) is 12.4. The van der Waals surface area contributed by atoms with Gasteiger partial charge in [0.25, 0.3) is 0 Å². The van der Waals surface area contributed by atoms with Crippen LogP contribution in [-0.4, -0.2) is 103 Å². The molecule has 3 saturated heterocycles. The molecule has 1 aromatic heterocycles. The van der Waals surface area contributed by atoms with Crippen molar-refractivity contribution in [3.05, 3.63) is 49.6 Å². The summed E-state index contributed by atoms with van der Waals surface area (Å²) in [6.45, 7) is 14.7. The second kappa shape index (κ2) is 12.6. The molecule has 3 aliphatic rings. The molecule has 5 rings (SSSR count). The summed E-state index contributed by atoms with van der Waals surface area (Å²) in [6.07, 6.45) is 5.21. The van der Waals surface area contributed by atoms with Crippen molar-refractivity contribution in [2.75, 3.05) is 26.2 Å². The molecule has 11 nitrogen and oxygen atoms in total. The molecule has 3 fully saturated rings. The Hall–Kier alpha value is -3.57. The van der Waals surface area contributed by atoms with E-state index in [0.29, 0.717) is 37.9 Å². The number of hydrogen-bond acceptors (Lipinski definition) is 7. The van der Waals surface area contributed by atoms with Gasteiger partial charge >= 0.3 is 0 Å². The molecular weight excluding hydrogens is 548 g/mol. The van der Waals surface area contributed by atoms with Crippen LogP contribution in [0.5, 0.6) is 0 Å². The number of carbonyl (C=O) groups is 3. The lowest BCUT2D eigenvalue weighted by Crippen LogP contribution is -2.59. The fourth-order valence-electron chi connectivity index (χ4n) is 7.52. The Morgan fingerprint density at radius 2 is 1.91 bits per heavy atom. The molecule has 0 saturated carbocycles. The predicted octanol–water partition coefficient (Wildman–Crippen LogP) is 2.61. The van der Waals surface area contributed by atoms with Gasteiger partial charge < -0.3 is 24.5 Å². The van der Waals surface area contributed by atoms with E-state index in [1.807, 2.05) is 45.0 Å². The number of nitrogens with zero attached hydrogens (tertiary/aromatic N) is 6. The summed E-state index contributed by atoms with van der Waals surface area (Å²) in [5, 5.41) is 19.1. The summed E-state index contributed by atoms with van der Waals surface area (Å²) in [7, 11) is 0. The number of likely N-dealkylation sites (tertiary alicyclic amines) is 1. The largest absolute Gasteiger partial charge is 0.394 e. The summed E-state index contributed by atoms with van der Waals surface area (Å²) < 4.78 is 8.32. The highest BCUT2D eigenvalue weighted by molar-refractivity contribution is 5.99. The Bertz CT molecular complexity index is 1370. The maximum atomic E-state index is 14.8. The van der Waals surface area contributed by atoms with E-state index in [4.69, 9.17) is 4.74 Å². The minimum absolute atomic E-state index is 0.0913. The number of benzene rings is 1. The molecule has 1 spiro atoms. The van der Waals surface area contributed by atoms with E-state index in [2.05, 4.69) is 23.5 Å². The lowest BCUT2D eigenvalue weighted by molar-refractivity contribution is -0.153. The van der Waals surface area contributed by atoms with Crippen molar-refractivity contribution in [1.29, 1.82) is 0 Å². The van der Waals surface area contributed by atoms with Crippen molar-refractivity contribution in [2.24, 2.45) is 17.8 Å². The first-order valence-electron chi connectivity index (χ1n) is 15.4. The minimum atomic E-state index is -1.17. The van der Waals surface area contributed by atoms with Crippen LogP contribution >= 0.6 is 0 Å². The topological polar surface area (TPSA) is 121 Å². The quantitative estimate of drug-likeness (QED) is 0.335. The smallest absolute Gasteiger partial charge is 0.250 e. The SMILES string of the molecule is C=CCN(Cn1nnc2ccccc21)C(=O)C1N([C@@H](CO)CC(C)C)C(=O)[C@@H]2[C@@H](C(=O)N(CC=C)CCC)[C@H]3CCC12O3. The molecular formula is C32H44N6O5. The fourth-order valence-corrected chi connectivity index (χ4v) is 7.52. The molecule has 1 N–H and O–H groups in total. The summed E-state index contributed by atoms with van der Waals surface area (Å²) in [4.78, 5) is 48.2. The van der Waals surface area contributed by atoms with Crippen molar-refractivity contribution in [3.8, 4) is 0 Å². The third-order valence-corrected chi connectivity index (χ3v) is 9.15. The van der Waals surface area contributed by atoms with Crippen molar-refractivity contribution in [2.45, 2.75) is 76.9 Å². The first-order chi connectivity index (χ1) is 20.7. The number of carbonyl (C=O) groups excluding carboxylic acids is 3. The van der Waals surface area contributed by atoms with Gasteiger partial charge in [0.05, 0.1) is 36.1 Å². The number of aliphatic hydroxyl groups excluding tert-OH is 1. The lowest BCUT2D eigenvalue weighted by Gasteiger charge is -2.39. The second-order valence-electron chi connectivity index (χ2n) is 12.4. The highest BCUT2D eigenvalue weighted by atomic mass is 16.5. The van der Waals surface area contributed by atoms with Crippen LogP contribution in [0.25, 0.3) is 11.0 Å². The standard InChI is InChI=1S/C32H44N6O5/c1-6-15-35(16-7-2)29(40)26-25-13-14-32(43-25)27(26)30(41)38(22(19-39)18-21(4)5)28(32)31(42)36(17-8-3)20-37-24-12-10-9-11-23(24)33-34-37/h6,8-12,21-22,25-28,39H,1,3,7,13-20H2,2,4-5H3/t22-,25-,26+,27+,28?,32?/m1/s1. The summed E-state index contributed by atoms with van der Waals surface area (Å²) in [6, 6.07) is 5.90. The fraction of sp³-hybridized carbons (Fsp3) is 0.594. The highest BCUT2D eigenvalue weighted by Crippen LogP contribution is 2.59. The number of hydrogen-bond donors (Lipinski definition) is 1. The normalized spacial score (nSPS) is 26.6. The van der Waals surface area contributed by atoms with Gasteiger partial charge in [0.2, 0.25) is 17.7 Å². The van der Waals surface area contributed by atoms with Crippen molar-refractivity contribution in [1.82, 2.24) is 29.7 Å². The molecule has 43 heavy (non-hydrogen) atoms. The van der Waals surface area contributed by atoms with Gasteiger partial charge in [-0.15, -0.1) is 18.3 Å². The van der Waals surface area contributed by atoms with E-state index < -0.39 is 35.6 Å². The number of ether oxygens (including phenoxy) is 1. The predicted molar refractivity (Wildman–Crippen MR) is 161 cm³/mol. The molecule has 3 amide bonds. The van der Waals surface area contributed by atoms with Crippen molar-refractivity contribution < 1.29 is 24.2 Å². The van der Waals surface area contributed by atoms with E-state index >= 15 is 0 Å². The van der Waals surface area contributed by atoms with Gasteiger partial charge in [0.1, 0.15) is 23.8 Å². The van der Waals surface area contributed by atoms with Crippen LogP contribution in [0.2, 0.25) is 0 Å². The third kappa shape index (κ3) is 5.26. The minimum Gasteiger partial charge on any atom is -0.394 e. The van der Waals surface area contributed by atoms with Crippen LogP contribution in [0.15, 0.2) is 49.6 Å². The zero-order chi connectivity index (χ0) is 30.9. The van der Waals surface area contributed by atoms with Crippen LogP contribution < -0.4 is 0 Å². The maximum absolute atomic E-state index is 14.8. The average molecular weight is 593 g/mol. The molecule has 2 aromatic rings. The van der Waals surface area contributed by atoms with Crippen molar-refractivity contribution in [3.63, 3.8) is 0 Å². The number of aromatic nitrogens is 3. The van der Waals surface area contributed by atoms with Gasteiger partial charge in [-0.3, -0.25) is 14.4 Å². The van der Waals surface area contributed by atoms with E-state index in [1.54, 1.807) is 31.5 Å². The number of aliphatic hydroxyl groups is 1.